The van der Waals surface area contributed by atoms with Gasteiger partial charge in [-0.1, -0.05) is 36.4 Å². The van der Waals surface area contributed by atoms with Crippen molar-refractivity contribution >= 4 is 27.3 Å². The molecule has 0 aliphatic carbocycles. The van der Waals surface area contributed by atoms with Crippen LogP contribution in [-0.2, 0) is 16.4 Å². The summed E-state index contributed by atoms with van der Waals surface area (Å²) in [6, 6.07) is 19.0. The van der Waals surface area contributed by atoms with Gasteiger partial charge in [-0.25, -0.2) is 8.42 Å². The third-order valence-electron chi connectivity index (χ3n) is 4.84. The van der Waals surface area contributed by atoms with E-state index in [9.17, 15) is 18.0 Å². The second-order valence-electron chi connectivity index (χ2n) is 6.81. The molecule has 0 saturated carbocycles. The minimum atomic E-state index is -3.34. The van der Waals surface area contributed by atoms with Crippen molar-refractivity contribution in [3.8, 4) is 11.1 Å². The molecular weight excluding hydrogens is 388 g/mol. The summed E-state index contributed by atoms with van der Waals surface area (Å²) in [6.07, 6.45) is 1.11. The predicted molar refractivity (Wildman–Crippen MR) is 111 cm³/mol. The molecule has 2 N–H and O–H groups in total. The van der Waals surface area contributed by atoms with Crippen LogP contribution in [0.2, 0.25) is 0 Å². The highest BCUT2D eigenvalue weighted by atomic mass is 32.2. The van der Waals surface area contributed by atoms with Crippen molar-refractivity contribution in [1.29, 1.82) is 0 Å². The van der Waals surface area contributed by atoms with E-state index in [0.29, 0.717) is 23.4 Å². The molecule has 0 aromatic heterocycles. The zero-order chi connectivity index (χ0) is 20.6. The first-order valence-electron chi connectivity index (χ1n) is 8.95. The fourth-order valence-corrected chi connectivity index (χ4v) is 4.02. The van der Waals surface area contributed by atoms with Crippen molar-refractivity contribution in [1.82, 2.24) is 5.32 Å². The van der Waals surface area contributed by atoms with Gasteiger partial charge in [0.25, 0.3) is 11.8 Å². The molecule has 3 aromatic carbocycles. The van der Waals surface area contributed by atoms with Gasteiger partial charge < -0.3 is 10.6 Å². The Morgan fingerprint density at radius 2 is 1.66 bits per heavy atom. The van der Waals surface area contributed by atoms with Crippen molar-refractivity contribution in [2.24, 2.45) is 0 Å². The van der Waals surface area contributed by atoms with Crippen LogP contribution < -0.4 is 10.6 Å². The third-order valence-corrected chi connectivity index (χ3v) is 5.97. The smallest absolute Gasteiger partial charge is 0.255 e. The van der Waals surface area contributed by atoms with Gasteiger partial charge in [0.05, 0.1) is 16.1 Å². The average molecular weight is 406 g/mol. The van der Waals surface area contributed by atoms with E-state index in [1.807, 2.05) is 36.4 Å². The van der Waals surface area contributed by atoms with Gasteiger partial charge in [-0.2, -0.15) is 0 Å². The van der Waals surface area contributed by atoms with E-state index in [0.717, 1.165) is 22.9 Å². The zero-order valence-electron chi connectivity index (χ0n) is 15.6. The number of hydrogen-bond donors (Lipinski definition) is 2. The van der Waals surface area contributed by atoms with Crippen LogP contribution in [0.15, 0.2) is 71.6 Å². The molecule has 146 valence electrons. The quantitative estimate of drug-likeness (QED) is 0.696. The maximum absolute atomic E-state index is 12.6. The van der Waals surface area contributed by atoms with Crippen LogP contribution in [0.4, 0.5) is 5.69 Å². The predicted octanol–water partition coefficient (Wildman–Crippen LogP) is 3.25. The van der Waals surface area contributed by atoms with Crippen LogP contribution in [0.1, 0.15) is 26.3 Å². The summed E-state index contributed by atoms with van der Waals surface area (Å²) in [5.74, 6) is -0.653. The van der Waals surface area contributed by atoms with E-state index in [1.165, 1.54) is 24.3 Å². The summed E-state index contributed by atoms with van der Waals surface area (Å²) < 4.78 is 23.1. The lowest BCUT2D eigenvalue weighted by atomic mass is 9.95. The minimum Gasteiger partial charge on any atom is -0.348 e. The van der Waals surface area contributed by atoms with Crippen molar-refractivity contribution in [3.05, 3.63) is 83.4 Å². The second kappa shape index (κ2) is 7.18. The fourth-order valence-electron chi connectivity index (χ4n) is 3.39. The number of nitrogens with one attached hydrogen (secondary N) is 2. The Morgan fingerprint density at radius 3 is 2.31 bits per heavy atom. The van der Waals surface area contributed by atoms with Crippen LogP contribution in [-0.4, -0.2) is 26.5 Å². The number of benzene rings is 3. The molecule has 0 atom stereocenters. The maximum Gasteiger partial charge on any atom is 0.255 e. The van der Waals surface area contributed by atoms with E-state index in [-0.39, 0.29) is 10.8 Å². The first-order chi connectivity index (χ1) is 13.8. The van der Waals surface area contributed by atoms with Crippen molar-refractivity contribution in [2.75, 3.05) is 11.6 Å². The zero-order valence-corrected chi connectivity index (χ0v) is 16.4. The normalized spacial score (nSPS) is 12.9. The van der Waals surface area contributed by atoms with Gasteiger partial charge in [0.2, 0.25) is 0 Å². The van der Waals surface area contributed by atoms with E-state index >= 15 is 0 Å². The average Bonchev–Trinajstić information content (AvgIpc) is 3.10. The number of carbonyl (C=O) groups excluding carboxylic acids is 2. The first kappa shape index (κ1) is 18.9. The molecule has 4 rings (SSSR count). The SMILES string of the molecule is CS(=O)(=O)c1ccc(C(=O)Nc2ccc(-c3ccccc3)c3c2C(=O)NC3)cc1. The molecular formula is C22H18N2O4S. The van der Waals surface area contributed by atoms with Gasteiger partial charge in [-0.05, 0) is 47.0 Å². The lowest BCUT2D eigenvalue weighted by molar-refractivity contribution is 0.0966. The van der Waals surface area contributed by atoms with E-state index in [2.05, 4.69) is 10.6 Å². The monoisotopic (exact) mass is 406 g/mol. The number of anilines is 1. The molecule has 7 heteroatoms. The summed E-state index contributed by atoms with van der Waals surface area (Å²) in [5, 5.41) is 5.59. The molecule has 0 fully saturated rings. The van der Waals surface area contributed by atoms with E-state index < -0.39 is 15.7 Å². The largest absolute Gasteiger partial charge is 0.348 e. The Balaban J connectivity index is 1.67. The van der Waals surface area contributed by atoms with Gasteiger partial charge >= 0.3 is 0 Å². The minimum absolute atomic E-state index is 0.140. The number of amides is 2. The molecule has 0 bridgehead atoms. The molecule has 0 radical (unpaired) electrons. The number of rotatable bonds is 4. The number of fused-ring (bicyclic) bond motifs is 1. The Morgan fingerprint density at radius 1 is 0.966 bits per heavy atom. The van der Waals surface area contributed by atoms with Crippen LogP contribution in [0.3, 0.4) is 0 Å². The number of carbonyl (C=O) groups is 2. The molecule has 29 heavy (non-hydrogen) atoms. The van der Waals surface area contributed by atoms with Crippen LogP contribution >= 0.6 is 0 Å². The highest BCUT2D eigenvalue weighted by Gasteiger charge is 2.26. The molecule has 0 unspecified atom stereocenters. The van der Waals surface area contributed by atoms with Crippen LogP contribution in [0.5, 0.6) is 0 Å². The van der Waals surface area contributed by atoms with Crippen molar-refractivity contribution in [3.63, 3.8) is 0 Å². The molecule has 6 nitrogen and oxygen atoms in total. The Kier molecular flexibility index (Phi) is 4.68. The number of sulfone groups is 1. The van der Waals surface area contributed by atoms with Gasteiger partial charge in [0.15, 0.2) is 9.84 Å². The lowest BCUT2D eigenvalue weighted by Crippen LogP contribution is -2.17. The Bertz CT molecular complexity index is 1220. The first-order valence-corrected chi connectivity index (χ1v) is 10.8. The molecule has 1 aliphatic rings. The Labute approximate surface area is 168 Å². The van der Waals surface area contributed by atoms with Crippen molar-refractivity contribution in [2.45, 2.75) is 11.4 Å². The highest BCUT2D eigenvalue weighted by molar-refractivity contribution is 7.90. The summed E-state index contributed by atoms with van der Waals surface area (Å²) in [6.45, 7) is 0.394. The van der Waals surface area contributed by atoms with Crippen LogP contribution in [0, 0.1) is 0 Å². The number of hydrogen-bond acceptors (Lipinski definition) is 4. The summed E-state index contributed by atoms with van der Waals surface area (Å²) in [5.41, 5.74) is 3.95. The van der Waals surface area contributed by atoms with E-state index in [4.69, 9.17) is 0 Å². The maximum atomic E-state index is 12.6. The van der Waals surface area contributed by atoms with Crippen LogP contribution in [0.25, 0.3) is 11.1 Å². The van der Waals surface area contributed by atoms with Gasteiger partial charge in [0, 0.05) is 18.4 Å². The Hall–Kier alpha value is -3.45. The summed E-state index contributed by atoms with van der Waals surface area (Å²) in [4.78, 5) is 25.2. The summed E-state index contributed by atoms with van der Waals surface area (Å²) in [7, 11) is -3.34. The summed E-state index contributed by atoms with van der Waals surface area (Å²) >= 11 is 0. The van der Waals surface area contributed by atoms with Crippen molar-refractivity contribution < 1.29 is 18.0 Å². The molecule has 3 aromatic rings. The topological polar surface area (TPSA) is 92.3 Å². The second-order valence-corrected chi connectivity index (χ2v) is 8.83. The van der Waals surface area contributed by atoms with Gasteiger partial charge in [0.1, 0.15) is 0 Å². The van der Waals surface area contributed by atoms with E-state index in [1.54, 1.807) is 6.07 Å². The molecule has 1 aliphatic heterocycles. The third kappa shape index (κ3) is 3.64. The molecule has 1 heterocycles. The molecule has 2 amide bonds. The standard InChI is InChI=1S/C22H18N2O4S/c1-29(27,28)16-9-7-15(8-10-16)21(25)24-19-12-11-17(14-5-3-2-4-6-14)18-13-23-22(26)20(18)19/h2-12H,13H2,1H3,(H,23,26)(H,24,25). The van der Waals surface area contributed by atoms with Gasteiger partial charge in [-0.3, -0.25) is 9.59 Å². The highest BCUT2D eigenvalue weighted by Crippen LogP contribution is 2.34. The lowest BCUT2D eigenvalue weighted by Gasteiger charge is -2.13. The molecule has 0 spiro atoms. The molecule has 0 saturated heterocycles. The van der Waals surface area contributed by atoms with Gasteiger partial charge in [-0.15, -0.1) is 0 Å². The fraction of sp³-hybridized carbons (Fsp3) is 0.0909.